The van der Waals surface area contributed by atoms with E-state index in [-0.39, 0.29) is 42.0 Å². The van der Waals surface area contributed by atoms with Crippen molar-refractivity contribution in [3.05, 3.63) is 46.0 Å². The molecule has 1 heterocycles. The fraction of sp³-hybridized carbons (Fsp3) is 0.444. The summed E-state index contributed by atoms with van der Waals surface area (Å²) in [6, 6.07) is 4.25. The molecule has 1 aromatic rings. The van der Waals surface area contributed by atoms with Gasteiger partial charge in [0.25, 0.3) is 5.69 Å². The van der Waals surface area contributed by atoms with Gasteiger partial charge in [-0.15, -0.1) is 0 Å². The second-order valence-corrected chi connectivity index (χ2v) is 6.63. The second-order valence-electron chi connectivity index (χ2n) is 6.63. The van der Waals surface area contributed by atoms with Crippen molar-refractivity contribution in [1.82, 2.24) is 4.90 Å². The smallest absolute Gasteiger partial charge is 0.270 e. The predicted octanol–water partition coefficient (Wildman–Crippen LogP) is 2.83. The Labute approximate surface area is 145 Å². The van der Waals surface area contributed by atoms with Crippen molar-refractivity contribution in [1.29, 1.82) is 0 Å². The summed E-state index contributed by atoms with van der Waals surface area (Å²) in [5.41, 5.74) is 0.375. The number of fused-ring (bicyclic) bond motifs is 1. The van der Waals surface area contributed by atoms with Crippen LogP contribution in [0.4, 0.5) is 5.69 Å². The van der Waals surface area contributed by atoms with Gasteiger partial charge in [-0.25, -0.2) is 0 Å². The number of rotatable bonds is 5. The SMILES string of the molecule is CC(C)Oc1ccc([N+](=O)[O-])cc1CN1C(=O)[C@@H]2CC=CC[C@H]2C1=O. The summed E-state index contributed by atoms with van der Waals surface area (Å²) in [5.74, 6) is -0.590. The maximum absolute atomic E-state index is 12.6. The molecule has 2 atom stereocenters. The van der Waals surface area contributed by atoms with Crippen LogP contribution in [0.2, 0.25) is 0 Å². The molecular formula is C18H20N2O5. The molecule has 2 aliphatic rings. The van der Waals surface area contributed by atoms with E-state index < -0.39 is 4.92 Å². The molecular weight excluding hydrogens is 324 g/mol. The van der Waals surface area contributed by atoms with E-state index in [1.165, 1.54) is 23.1 Å². The Kier molecular flexibility index (Phi) is 4.57. The van der Waals surface area contributed by atoms with Crippen molar-refractivity contribution in [3.8, 4) is 5.75 Å². The molecule has 1 saturated heterocycles. The molecule has 7 heteroatoms. The first-order valence-electron chi connectivity index (χ1n) is 8.32. The summed E-state index contributed by atoms with van der Waals surface area (Å²) in [6.45, 7) is 3.68. The lowest BCUT2D eigenvalue weighted by Crippen LogP contribution is -2.30. The van der Waals surface area contributed by atoms with Crippen LogP contribution in [0.15, 0.2) is 30.4 Å². The van der Waals surface area contributed by atoms with Gasteiger partial charge in [-0.1, -0.05) is 12.2 Å². The normalized spacial score (nSPS) is 22.4. The highest BCUT2D eigenvalue weighted by molar-refractivity contribution is 6.05. The third-order valence-corrected chi connectivity index (χ3v) is 4.54. The number of benzene rings is 1. The van der Waals surface area contributed by atoms with Gasteiger partial charge < -0.3 is 4.74 Å². The summed E-state index contributed by atoms with van der Waals surface area (Å²) in [5, 5.41) is 11.1. The summed E-state index contributed by atoms with van der Waals surface area (Å²) < 4.78 is 5.70. The van der Waals surface area contributed by atoms with E-state index >= 15 is 0 Å². The summed E-state index contributed by atoms with van der Waals surface area (Å²) in [7, 11) is 0. The van der Waals surface area contributed by atoms with Gasteiger partial charge in [0.05, 0.1) is 29.4 Å². The van der Waals surface area contributed by atoms with E-state index in [1.54, 1.807) is 0 Å². The van der Waals surface area contributed by atoms with Crippen LogP contribution in [-0.2, 0) is 16.1 Å². The molecule has 1 aliphatic carbocycles. The predicted molar refractivity (Wildman–Crippen MR) is 89.8 cm³/mol. The Balaban J connectivity index is 1.90. The summed E-state index contributed by atoms with van der Waals surface area (Å²) >= 11 is 0. The molecule has 7 nitrogen and oxygen atoms in total. The highest BCUT2D eigenvalue weighted by Gasteiger charge is 2.47. The molecule has 1 aliphatic heterocycles. The number of allylic oxidation sites excluding steroid dienone is 2. The minimum atomic E-state index is -0.500. The van der Waals surface area contributed by atoms with Crippen molar-refractivity contribution in [2.45, 2.75) is 39.3 Å². The van der Waals surface area contributed by atoms with Gasteiger partial charge in [-0.2, -0.15) is 0 Å². The molecule has 0 aromatic heterocycles. The van der Waals surface area contributed by atoms with E-state index in [0.717, 1.165) is 0 Å². The Morgan fingerprint density at radius 2 is 1.80 bits per heavy atom. The number of imide groups is 1. The highest BCUT2D eigenvalue weighted by atomic mass is 16.6. The maximum Gasteiger partial charge on any atom is 0.270 e. The molecule has 1 aromatic carbocycles. The van der Waals surface area contributed by atoms with E-state index in [4.69, 9.17) is 4.74 Å². The lowest BCUT2D eigenvalue weighted by atomic mass is 9.85. The van der Waals surface area contributed by atoms with Crippen LogP contribution in [0, 0.1) is 22.0 Å². The topological polar surface area (TPSA) is 89.8 Å². The van der Waals surface area contributed by atoms with E-state index in [2.05, 4.69) is 0 Å². The molecule has 1 fully saturated rings. The van der Waals surface area contributed by atoms with Crippen molar-refractivity contribution >= 4 is 17.5 Å². The fourth-order valence-corrected chi connectivity index (χ4v) is 3.37. The molecule has 3 rings (SSSR count). The van der Waals surface area contributed by atoms with Gasteiger partial charge in [0.15, 0.2) is 0 Å². The highest BCUT2D eigenvalue weighted by Crippen LogP contribution is 2.37. The number of ether oxygens (including phenoxy) is 1. The summed E-state index contributed by atoms with van der Waals surface area (Å²) in [4.78, 5) is 37.0. The third kappa shape index (κ3) is 3.26. The lowest BCUT2D eigenvalue weighted by molar-refractivity contribution is -0.385. The van der Waals surface area contributed by atoms with E-state index in [1.807, 2.05) is 26.0 Å². The zero-order valence-corrected chi connectivity index (χ0v) is 14.2. The molecule has 0 unspecified atom stereocenters. The largest absolute Gasteiger partial charge is 0.491 e. The molecule has 0 saturated carbocycles. The molecule has 0 N–H and O–H groups in total. The van der Waals surface area contributed by atoms with E-state index in [9.17, 15) is 19.7 Å². The lowest BCUT2D eigenvalue weighted by Gasteiger charge is -2.19. The van der Waals surface area contributed by atoms with Crippen LogP contribution >= 0.6 is 0 Å². The fourth-order valence-electron chi connectivity index (χ4n) is 3.37. The maximum atomic E-state index is 12.6. The van der Waals surface area contributed by atoms with Crippen LogP contribution in [0.1, 0.15) is 32.3 Å². The van der Waals surface area contributed by atoms with Gasteiger partial charge in [0, 0.05) is 17.7 Å². The van der Waals surface area contributed by atoms with Gasteiger partial charge in [0.2, 0.25) is 11.8 Å². The van der Waals surface area contributed by atoms with Gasteiger partial charge in [-0.05, 0) is 32.8 Å². The first-order valence-corrected chi connectivity index (χ1v) is 8.32. The minimum absolute atomic E-state index is 0.00556. The zero-order valence-electron chi connectivity index (χ0n) is 14.2. The first kappa shape index (κ1) is 17.1. The molecule has 0 spiro atoms. The van der Waals surface area contributed by atoms with Gasteiger partial charge in [-0.3, -0.25) is 24.6 Å². The van der Waals surface area contributed by atoms with Crippen molar-refractivity contribution in [2.24, 2.45) is 11.8 Å². The van der Waals surface area contributed by atoms with Crippen LogP contribution in [0.3, 0.4) is 0 Å². The number of carbonyl (C=O) groups excluding carboxylic acids is 2. The van der Waals surface area contributed by atoms with Crippen LogP contribution in [0.25, 0.3) is 0 Å². The van der Waals surface area contributed by atoms with E-state index in [0.29, 0.717) is 24.2 Å². The van der Waals surface area contributed by atoms with Gasteiger partial charge in [0.1, 0.15) is 5.75 Å². The Morgan fingerprint density at radius 3 is 2.32 bits per heavy atom. The molecule has 132 valence electrons. The number of nitro groups is 1. The van der Waals surface area contributed by atoms with Crippen molar-refractivity contribution in [3.63, 3.8) is 0 Å². The molecule has 0 bridgehead atoms. The number of hydrogen-bond donors (Lipinski definition) is 0. The van der Waals surface area contributed by atoms with Crippen molar-refractivity contribution < 1.29 is 19.2 Å². The average molecular weight is 344 g/mol. The Morgan fingerprint density at radius 1 is 1.20 bits per heavy atom. The van der Waals surface area contributed by atoms with Crippen LogP contribution in [0.5, 0.6) is 5.75 Å². The summed E-state index contributed by atoms with van der Waals surface area (Å²) in [6.07, 6.45) is 4.86. The first-order chi connectivity index (χ1) is 11.9. The number of nitrogens with zero attached hydrogens (tertiary/aromatic N) is 2. The monoisotopic (exact) mass is 344 g/mol. The second kappa shape index (κ2) is 6.66. The Hall–Kier alpha value is -2.70. The minimum Gasteiger partial charge on any atom is -0.491 e. The number of hydrogen-bond acceptors (Lipinski definition) is 5. The number of likely N-dealkylation sites (tertiary alicyclic amines) is 1. The number of amides is 2. The quantitative estimate of drug-likeness (QED) is 0.355. The van der Waals surface area contributed by atoms with Gasteiger partial charge >= 0.3 is 0 Å². The zero-order chi connectivity index (χ0) is 18.1. The van der Waals surface area contributed by atoms with Crippen molar-refractivity contribution in [2.75, 3.05) is 0 Å². The number of carbonyl (C=O) groups is 2. The van der Waals surface area contributed by atoms with Crippen LogP contribution < -0.4 is 4.74 Å². The standard InChI is InChI=1S/C18H20N2O5/c1-11(2)25-16-8-7-13(20(23)24)9-12(16)10-19-17(21)14-5-3-4-6-15(14)18(19)22/h3-4,7-9,11,14-15H,5-6,10H2,1-2H3/t14-,15-/m1/s1. The number of nitro benzene ring substituents is 1. The Bertz CT molecular complexity index is 730. The average Bonchev–Trinajstić information content (AvgIpc) is 2.81. The van der Waals surface area contributed by atoms with Crippen LogP contribution in [-0.4, -0.2) is 27.7 Å². The number of non-ortho nitro benzene ring substituents is 1. The third-order valence-electron chi connectivity index (χ3n) is 4.54. The molecule has 25 heavy (non-hydrogen) atoms. The molecule has 0 radical (unpaired) electrons. The molecule has 2 amide bonds.